The Morgan fingerprint density at radius 2 is 2.04 bits per heavy atom. The van der Waals surface area contributed by atoms with Crippen LogP contribution in [0.2, 0.25) is 0 Å². The van der Waals surface area contributed by atoms with Gasteiger partial charge in [-0.2, -0.15) is 0 Å². The van der Waals surface area contributed by atoms with Gasteiger partial charge in [-0.3, -0.25) is 4.90 Å². The molecule has 0 spiro atoms. The number of nitrogens with one attached hydrogen (secondary N) is 1. The molecule has 0 bridgehead atoms. The second-order valence-electron chi connectivity index (χ2n) is 7.99. The van der Waals surface area contributed by atoms with Crippen LogP contribution in [0.25, 0.3) is 0 Å². The highest BCUT2D eigenvalue weighted by Gasteiger charge is 2.43. The lowest BCUT2D eigenvalue weighted by Gasteiger charge is -2.36. The molecule has 1 aliphatic carbocycles. The minimum absolute atomic E-state index is 0.115. The van der Waals surface area contributed by atoms with Crippen LogP contribution in [-0.4, -0.2) is 43.7 Å². The van der Waals surface area contributed by atoms with E-state index in [0.29, 0.717) is 17.9 Å². The molecule has 0 aromatic heterocycles. The zero-order valence-corrected chi connectivity index (χ0v) is 14.9. The van der Waals surface area contributed by atoms with Gasteiger partial charge in [0.15, 0.2) is 0 Å². The van der Waals surface area contributed by atoms with Gasteiger partial charge in [-0.05, 0) is 57.3 Å². The molecule has 130 valence electrons. The van der Waals surface area contributed by atoms with Gasteiger partial charge in [0, 0.05) is 30.7 Å². The Hall–Kier alpha value is -1.55. The third-order valence-corrected chi connectivity index (χ3v) is 6.19. The first kappa shape index (κ1) is 15.9. The first-order valence-electron chi connectivity index (χ1n) is 9.49. The predicted octanol–water partition coefficient (Wildman–Crippen LogP) is 3.50. The molecule has 1 aromatic rings. The van der Waals surface area contributed by atoms with Gasteiger partial charge in [0.2, 0.25) is 0 Å². The summed E-state index contributed by atoms with van der Waals surface area (Å²) >= 11 is 0. The van der Waals surface area contributed by atoms with E-state index >= 15 is 0 Å². The molecule has 4 rings (SSSR count). The van der Waals surface area contributed by atoms with E-state index in [4.69, 9.17) is 0 Å². The number of likely N-dealkylation sites (N-methyl/N-ethyl adjacent to an activating group) is 1. The van der Waals surface area contributed by atoms with Gasteiger partial charge < -0.3 is 10.2 Å². The molecular formula is C20H29N3O. The maximum Gasteiger partial charge on any atom is 0.322 e. The van der Waals surface area contributed by atoms with Crippen LogP contribution in [0.15, 0.2) is 18.2 Å². The Kier molecular flexibility index (Phi) is 4.25. The van der Waals surface area contributed by atoms with Crippen molar-refractivity contribution in [2.24, 2.45) is 5.92 Å². The van der Waals surface area contributed by atoms with Crippen molar-refractivity contribution in [1.82, 2.24) is 10.2 Å². The van der Waals surface area contributed by atoms with E-state index in [0.717, 1.165) is 31.7 Å². The number of carbonyl (C=O) groups excluding carboxylic acids is 1. The van der Waals surface area contributed by atoms with E-state index in [1.165, 1.54) is 36.8 Å². The highest BCUT2D eigenvalue weighted by Crippen LogP contribution is 2.44. The summed E-state index contributed by atoms with van der Waals surface area (Å²) in [5, 5.41) is 3.24. The Balaban J connectivity index is 1.56. The number of carbonyl (C=O) groups is 1. The summed E-state index contributed by atoms with van der Waals surface area (Å²) < 4.78 is 0. The van der Waals surface area contributed by atoms with Gasteiger partial charge >= 0.3 is 6.03 Å². The zero-order chi connectivity index (χ0) is 16.7. The second-order valence-corrected chi connectivity index (χ2v) is 7.99. The Morgan fingerprint density at radius 3 is 2.83 bits per heavy atom. The first-order chi connectivity index (χ1) is 11.6. The van der Waals surface area contributed by atoms with Crippen LogP contribution in [0, 0.1) is 12.8 Å². The Bertz CT molecular complexity index is 623. The highest BCUT2D eigenvalue weighted by molar-refractivity contribution is 5.95. The van der Waals surface area contributed by atoms with Crippen LogP contribution in [0.5, 0.6) is 0 Å². The molecule has 2 heterocycles. The molecule has 0 unspecified atom stereocenters. The third kappa shape index (κ3) is 2.81. The van der Waals surface area contributed by atoms with Gasteiger partial charge in [0.25, 0.3) is 0 Å². The largest absolute Gasteiger partial charge is 0.337 e. The van der Waals surface area contributed by atoms with Gasteiger partial charge in [-0.25, -0.2) is 4.79 Å². The summed E-state index contributed by atoms with van der Waals surface area (Å²) in [6, 6.07) is 7.01. The van der Waals surface area contributed by atoms with Crippen LogP contribution in [-0.2, 0) is 0 Å². The number of hydrogen-bond acceptors (Lipinski definition) is 2. The lowest BCUT2D eigenvalue weighted by atomic mass is 9.89. The van der Waals surface area contributed by atoms with Crippen molar-refractivity contribution >= 4 is 11.7 Å². The summed E-state index contributed by atoms with van der Waals surface area (Å²) in [5.74, 6) is 1.14. The molecule has 4 heteroatoms. The minimum atomic E-state index is 0.115. The normalized spacial score (nSPS) is 27.2. The van der Waals surface area contributed by atoms with E-state index in [1.54, 1.807) is 0 Å². The molecule has 4 nitrogen and oxygen atoms in total. The van der Waals surface area contributed by atoms with E-state index in [2.05, 4.69) is 47.3 Å². The molecule has 1 saturated carbocycles. The fraction of sp³-hybridized carbons (Fsp3) is 0.650. The summed E-state index contributed by atoms with van der Waals surface area (Å²) in [6.45, 7) is 5.10. The number of anilines is 1. The van der Waals surface area contributed by atoms with Crippen LogP contribution in [0.1, 0.15) is 49.1 Å². The predicted molar refractivity (Wildman–Crippen MR) is 97.7 cm³/mol. The molecule has 0 radical (unpaired) electrons. The maximum absolute atomic E-state index is 13.0. The molecule has 2 amide bonds. The second kappa shape index (κ2) is 6.40. The van der Waals surface area contributed by atoms with Crippen LogP contribution >= 0.6 is 0 Å². The average molecular weight is 327 g/mol. The zero-order valence-electron chi connectivity index (χ0n) is 14.9. The monoisotopic (exact) mass is 327 g/mol. The van der Waals surface area contributed by atoms with E-state index in [9.17, 15) is 4.79 Å². The SMILES string of the molecule is Cc1ccc2c(c1)[C@@H]1CN(C)CC[C@H]1N2C(=O)NCC1CCCC1. The van der Waals surface area contributed by atoms with Gasteiger partial charge in [0.1, 0.15) is 0 Å². The van der Waals surface area contributed by atoms with Crippen molar-refractivity contribution in [1.29, 1.82) is 0 Å². The molecule has 3 aliphatic rings. The van der Waals surface area contributed by atoms with Crippen molar-refractivity contribution in [2.45, 2.75) is 51.0 Å². The number of amides is 2. The first-order valence-corrected chi connectivity index (χ1v) is 9.49. The van der Waals surface area contributed by atoms with Crippen molar-refractivity contribution in [3.63, 3.8) is 0 Å². The number of benzene rings is 1. The lowest BCUT2D eigenvalue weighted by Crippen LogP contribution is -2.50. The average Bonchev–Trinajstić information content (AvgIpc) is 3.18. The lowest BCUT2D eigenvalue weighted by molar-refractivity contribution is 0.218. The summed E-state index contributed by atoms with van der Waals surface area (Å²) in [4.78, 5) is 17.5. The van der Waals surface area contributed by atoms with E-state index < -0.39 is 0 Å². The van der Waals surface area contributed by atoms with Gasteiger partial charge in [-0.15, -0.1) is 0 Å². The number of fused-ring (bicyclic) bond motifs is 3. The van der Waals surface area contributed by atoms with Crippen LogP contribution in [0.4, 0.5) is 10.5 Å². The standard InChI is InChI=1S/C20H29N3O/c1-14-7-8-18-16(11-14)17-13-22(2)10-9-19(17)23(18)20(24)21-12-15-5-3-4-6-15/h7-8,11,15,17,19H,3-6,9-10,12-13H2,1-2H3,(H,21,24)/t17-,19+/m0/s1. The number of urea groups is 1. The molecule has 2 aliphatic heterocycles. The maximum atomic E-state index is 13.0. The van der Waals surface area contributed by atoms with Gasteiger partial charge in [0.05, 0.1) is 0 Å². The van der Waals surface area contributed by atoms with Crippen LogP contribution < -0.4 is 10.2 Å². The number of aryl methyl sites for hydroxylation is 1. The number of likely N-dealkylation sites (tertiary alicyclic amines) is 1. The molecule has 1 saturated heterocycles. The van der Waals surface area contributed by atoms with E-state index in [1.807, 2.05) is 0 Å². The number of hydrogen-bond donors (Lipinski definition) is 1. The third-order valence-electron chi connectivity index (χ3n) is 6.19. The fourth-order valence-corrected chi connectivity index (χ4v) is 4.88. The van der Waals surface area contributed by atoms with Crippen LogP contribution in [0.3, 0.4) is 0 Å². The summed E-state index contributed by atoms with van der Waals surface area (Å²) in [7, 11) is 2.19. The minimum Gasteiger partial charge on any atom is -0.337 e. The van der Waals surface area contributed by atoms with Gasteiger partial charge in [-0.1, -0.05) is 30.5 Å². The Morgan fingerprint density at radius 1 is 1.25 bits per heavy atom. The summed E-state index contributed by atoms with van der Waals surface area (Å²) in [5.41, 5.74) is 3.78. The fourth-order valence-electron chi connectivity index (χ4n) is 4.88. The molecule has 24 heavy (non-hydrogen) atoms. The Labute approximate surface area is 145 Å². The summed E-state index contributed by atoms with van der Waals surface area (Å²) in [6.07, 6.45) is 6.25. The number of rotatable bonds is 2. The smallest absolute Gasteiger partial charge is 0.322 e. The molecule has 2 fully saturated rings. The highest BCUT2D eigenvalue weighted by atomic mass is 16.2. The quantitative estimate of drug-likeness (QED) is 0.902. The number of nitrogens with zero attached hydrogens (tertiary/aromatic N) is 2. The number of piperidine rings is 1. The van der Waals surface area contributed by atoms with Crippen molar-refractivity contribution in [2.75, 3.05) is 31.6 Å². The molecule has 1 N–H and O–H groups in total. The molecular weight excluding hydrogens is 298 g/mol. The van der Waals surface area contributed by atoms with Crippen molar-refractivity contribution in [3.8, 4) is 0 Å². The van der Waals surface area contributed by atoms with E-state index in [-0.39, 0.29) is 6.03 Å². The molecule has 1 aromatic carbocycles. The van der Waals surface area contributed by atoms with Crippen molar-refractivity contribution in [3.05, 3.63) is 29.3 Å². The topological polar surface area (TPSA) is 35.6 Å². The molecule has 2 atom stereocenters. The van der Waals surface area contributed by atoms with Crippen molar-refractivity contribution < 1.29 is 4.79 Å².